The van der Waals surface area contributed by atoms with Crippen LogP contribution in [0.25, 0.3) is 0 Å². The van der Waals surface area contributed by atoms with Gasteiger partial charge in [0.1, 0.15) is 11.4 Å². The van der Waals surface area contributed by atoms with Gasteiger partial charge in [-0.2, -0.15) is 0 Å². The zero-order valence-corrected chi connectivity index (χ0v) is 8.19. The zero-order valence-electron chi connectivity index (χ0n) is 6.48. The van der Waals surface area contributed by atoms with Crippen molar-refractivity contribution in [2.24, 2.45) is 0 Å². The second kappa shape index (κ2) is 4.10. The topological polar surface area (TPSA) is 105 Å². The first-order chi connectivity index (χ1) is 5.97. The molecule has 0 amide bonds. The van der Waals surface area contributed by atoms with Gasteiger partial charge >= 0.3 is 7.60 Å². The molecule has 1 unspecified atom stereocenters. The summed E-state index contributed by atoms with van der Waals surface area (Å²) in [6.07, 6.45) is 2.87. The molecule has 0 radical (unpaired) electrons. The molecule has 2 N–H and O–H groups in total. The van der Waals surface area contributed by atoms with Gasteiger partial charge in [-0.25, -0.2) is 4.68 Å². The predicted molar refractivity (Wildman–Crippen MR) is 45.1 cm³/mol. The highest BCUT2D eigenvalue weighted by atomic mass is 32.2. The Hall–Kier alpha value is -0.560. The molecule has 74 valence electrons. The maximum atomic E-state index is 11.1. The largest absolute Gasteiger partial charge is 0.338 e. The van der Waals surface area contributed by atoms with Crippen molar-refractivity contribution in [3.05, 3.63) is 12.4 Å². The molecule has 1 atom stereocenters. The van der Waals surface area contributed by atoms with Crippen LogP contribution in [0.5, 0.6) is 0 Å². The lowest BCUT2D eigenvalue weighted by Crippen LogP contribution is -2.08. The van der Waals surface area contributed by atoms with Crippen LogP contribution < -0.4 is 0 Å². The highest BCUT2D eigenvalue weighted by Crippen LogP contribution is 2.35. The number of hydrogen-bond donors (Lipinski definition) is 2. The molecule has 13 heavy (non-hydrogen) atoms. The molecule has 0 spiro atoms. The fraction of sp³-hybridized carbons (Fsp3) is 0.500. The summed E-state index contributed by atoms with van der Waals surface area (Å²) in [5.41, 5.74) is -0.646. The Labute approximate surface area is 76.4 Å². The van der Waals surface area contributed by atoms with Gasteiger partial charge in [0.2, 0.25) is 0 Å². The first-order valence-corrected chi connectivity index (χ1v) is 6.49. The minimum Gasteiger partial charge on any atom is -0.324 e. The average Bonchev–Trinajstić information content (AvgIpc) is 2.34. The van der Waals surface area contributed by atoms with Gasteiger partial charge in [0.25, 0.3) is 0 Å². The van der Waals surface area contributed by atoms with E-state index in [0.717, 1.165) is 0 Å². The van der Waals surface area contributed by atoms with Crippen molar-refractivity contribution in [1.82, 2.24) is 15.0 Å². The summed E-state index contributed by atoms with van der Waals surface area (Å²) in [5.74, 6) is -0.0505. The van der Waals surface area contributed by atoms with E-state index in [9.17, 15) is 8.77 Å². The maximum absolute atomic E-state index is 11.1. The molecule has 7 nitrogen and oxygen atoms in total. The lowest BCUT2D eigenvalue weighted by atomic mass is 10.9. The summed E-state index contributed by atoms with van der Waals surface area (Å²) in [6, 6.07) is 0. The fourth-order valence-corrected chi connectivity index (χ4v) is 2.94. The SMILES string of the molecule is O=S(Cn1ccnn1)CP(=O)(O)O. The van der Waals surface area contributed by atoms with Crippen molar-refractivity contribution in [1.29, 1.82) is 0 Å². The first kappa shape index (κ1) is 10.5. The molecule has 0 saturated carbocycles. The van der Waals surface area contributed by atoms with Gasteiger partial charge in [0, 0.05) is 6.20 Å². The van der Waals surface area contributed by atoms with E-state index in [0.29, 0.717) is 0 Å². The second-order valence-corrected chi connectivity index (χ2v) is 5.81. The monoisotopic (exact) mass is 225 g/mol. The van der Waals surface area contributed by atoms with Gasteiger partial charge in [0.05, 0.1) is 17.0 Å². The van der Waals surface area contributed by atoms with Gasteiger partial charge < -0.3 is 9.79 Å². The van der Waals surface area contributed by atoms with Crippen LogP contribution in [-0.2, 0) is 21.2 Å². The molecular weight excluding hydrogens is 217 g/mol. The van der Waals surface area contributed by atoms with Crippen LogP contribution in [0.2, 0.25) is 0 Å². The summed E-state index contributed by atoms with van der Waals surface area (Å²) in [6.45, 7) is 0. The van der Waals surface area contributed by atoms with Gasteiger partial charge in [-0.1, -0.05) is 5.21 Å². The summed E-state index contributed by atoms with van der Waals surface area (Å²) in [5, 5.41) is 6.96. The van der Waals surface area contributed by atoms with E-state index in [1.165, 1.54) is 17.1 Å². The minimum absolute atomic E-state index is 0.0505. The molecule has 1 heterocycles. The van der Waals surface area contributed by atoms with E-state index in [-0.39, 0.29) is 5.88 Å². The van der Waals surface area contributed by atoms with Crippen molar-refractivity contribution in [3.63, 3.8) is 0 Å². The number of rotatable bonds is 4. The number of aromatic nitrogens is 3. The van der Waals surface area contributed by atoms with Crippen molar-refractivity contribution in [2.45, 2.75) is 5.88 Å². The standard InChI is InChI=1S/C4H8N3O4PS/c8-12(9,10)4-13(11)3-7-2-1-5-6-7/h1-2H,3-4H2,(H2,8,9,10). The lowest BCUT2D eigenvalue weighted by Gasteiger charge is -2.03. The van der Waals surface area contributed by atoms with Crippen LogP contribution >= 0.6 is 7.60 Å². The quantitative estimate of drug-likeness (QED) is 0.644. The molecule has 1 aromatic heterocycles. The van der Waals surface area contributed by atoms with Crippen molar-refractivity contribution >= 4 is 18.4 Å². The van der Waals surface area contributed by atoms with Crippen LogP contribution in [0.4, 0.5) is 0 Å². The van der Waals surface area contributed by atoms with Crippen molar-refractivity contribution in [3.8, 4) is 0 Å². The van der Waals surface area contributed by atoms with E-state index < -0.39 is 23.9 Å². The molecule has 0 aliphatic heterocycles. The maximum Gasteiger partial charge on any atom is 0.338 e. The van der Waals surface area contributed by atoms with E-state index in [4.69, 9.17) is 9.79 Å². The third-order valence-electron chi connectivity index (χ3n) is 1.06. The van der Waals surface area contributed by atoms with Gasteiger partial charge in [0.15, 0.2) is 0 Å². The van der Waals surface area contributed by atoms with Crippen LogP contribution in [0.15, 0.2) is 12.4 Å². The molecule has 0 bridgehead atoms. The summed E-state index contributed by atoms with van der Waals surface area (Å²) < 4.78 is 22.7. The highest BCUT2D eigenvalue weighted by molar-refractivity contribution is 7.91. The summed E-state index contributed by atoms with van der Waals surface area (Å²) >= 11 is 0. The van der Waals surface area contributed by atoms with Crippen molar-refractivity contribution < 1.29 is 18.6 Å². The average molecular weight is 225 g/mol. The number of hydrogen-bond acceptors (Lipinski definition) is 4. The molecule has 1 rings (SSSR count). The third kappa shape index (κ3) is 4.28. The zero-order chi connectivity index (χ0) is 9.90. The molecule has 0 aliphatic rings. The Morgan fingerprint density at radius 3 is 2.69 bits per heavy atom. The third-order valence-corrected chi connectivity index (χ3v) is 4.11. The van der Waals surface area contributed by atoms with Gasteiger partial charge in [-0.05, 0) is 0 Å². The van der Waals surface area contributed by atoms with Crippen LogP contribution in [0.1, 0.15) is 0 Å². The fourth-order valence-electron chi connectivity index (χ4n) is 0.678. The van der Waals surface area contributed by atoms with Gasteiger partial charge in [-0.3, -0.25) is 8.77 Å². The van der Waals surface area contributed by atoms with Gasteiger partial charge in [-0.15, -0.1) is 5.10 Å². The predicted octanol–water partition coefficient (Wildman–Crippen LogP) is -0.881. The van der Waals surface area contributed by atoms with Crippen LogP contribution in [-0.4, -0.2) is 34.5 Å². The number of nitrogens with zero attached hydrogens (tertiary/aromatic N) is 3. The Bertz CT molecular complexity index is 333. The smallest absolute Gasteiger partial charge is 0.324 e. The second-order valence-electron chi connectivity index (χ2n) is 2.31. The minimum atomic E-state index is -4.20. The Kier molecular flexibility index (Phi) is 3.32. The normalized spacial score (nSPS) is 14.3. The Morgan fingerprint density at radius 1 is 1.54 bits per heavy atom. The molecule has 1 aromatic rings. The Morgan fingerprint density at radius 2 is 2.23 bits per heavy atom. The van der Waals surface area contributed by atoms with E-state index >= 15 is 0 Å². The highest BCUT2D eigenvalue weighted by Gasteiger charge is 2.17. The van der Waals surface area contributed by atoms with Crippen molar-refractivity contribution in [2.75, 3.05) is 5.49 Å². The molecule has 9 heteroatoms. The lowest BCUT2D eigenvalue weighted by molar-refractivity contribution is 0.379. The first-order valence-electron chi connectivity index (χ1n) is 3.21. The van der Waals surface area contributed by atoms with E-state index in [1.807, 2.05) is 0 Å². The summed E-state index contributed by atoms with van der Waals surface area (Å²) in [4.78, 5) is 17.0. The molecule has 0 aromatic carbocycles. The van der Waals surface area contributed by atoms with E-state index in [2.05, 4.69) is 10.3 Å². The molecular formula is C4H8N3O4PS. The Balaban J connectivity index is 2.48. The molecule has 0 saturated heterocycles. The van der Waals surface area contributed by atoms with Crippen LogP contribution in [0, 0.1) is 0 Å². The molecule has 0 aliphatic carbocycles. The van der Waals surface area contributed by atoms with Crippen LogP contribution in [0.3, 0.4) is 0 Å². The molecule has 0 fully saturated rings. The van der Waals surface area contributed by atoms with E-state index in [1.54, 1.807) is 0 Å². The summed E-state index contributed by atoms with van der Waals surface area (Å²) in [7, 11) is -5.82.